The third-order valence-electron chi connectivity index (χ3n) is 19.7. The topological polar surface area (TPSA) is 427 Å². The standard InChI is InChI=1S/C78H103ClN22O16S/c1-49-50(2)118-78-67(49)68(53-9-11-54(79)12-10-53)87-58(69-93-92-51(3)101(69)78)41-65(104)84-55-16-22-99(23-17-55)25-26-111-27-28-112-29-30-113-31-32-114-33-34-115-35-36-116-37-38-117-48-52-42-100(43-52)66(105)15-20-83-75(108)71-90-61(46-97(71)7)88-63(102)13-18-82-74(107)60-40-57(45-96(60)6)86-77(110)72-91-62(47-98(72)8)89-64(103)14-19-81-73(106)59-39-56(44-95(59)5)85-76(109)70-80-21-24-94(70)4/h9-12,21,24,39-40,44-47,52,55,58H,13-20,22-23,25-38,41-43,48H2,1-8H3,(H,81,106)(H,82,107)(H,83,108)(H,84,104)(H,85,109)(H,86,110)(H,88,102)(H,89,103)/t58-/m0/s1. The van der Waals surface area contributed by atoms with Crippen LogP contribution in [0.2, 0.25) is 5.02 Å². The molecule has 40 heteroatoms. The number of anilines is 4. The molecule has 10 heterocycles. The molecule has 9 amide bonds. The lowest BCUT2D eigenvalue weighted by molar-refractivity contribution is -0.139. The summed E-state index contributed by atoms with van der Waals surface area (Å²) in [6.45, 7) is 16.1. The van der Waals surface area contributed by atoms with Gasteiger partial charge in [0.25, 0.3) is 29.5 Å². The van der Waals surface area contributed by atoms with Crippen molar-refractivity contribution in [2.45, 2.75) is 71.4 Å². The lowest BCUT2D eigenvalue weighted by atomic mass is 9.99. The third kappa shape index (κ3) is 24.6. The molecule has 8 N–H and O–H groups in total. The van der Waals surface area contributed by atoms with E-state index in [2.05, 4.69) is 91.0 Å². The number of fused-ring (bicyclic) bond motifs is 3. The number of imidazole rings is 3. The van der Waals surface area contributed by atoms with E-state index in [1.54, 1.807) is 68.4 Å². The van der Waals surface area contributed by atoms with Crippen LogP contribution in [0.5, 0.6) is 0 Å². The van der Waals surface area contributed by atoms with Gasteiger partial charge in [0.05, 0.1) is 116 Å². The Morgan fingerprint density at radius 1 is 0.542 bits per heavy atom. The Morgan fingerprint density at radius 3 is 1.58 bits per heavy atom. The zero-order valence-corrected chi connectivity index (χ0v) is 69.1. The highest BCUT2D eigenvalue weighted by molar-refractivity contribution is 7.15. The van der Waals surface area contributed by atoms with Gasteiger partial charge in [-0.1, -0.05) is 23.7 Å². The molecule has 0 saturated carbocycles. The zero-order chi connectivity index (χ0) is 83.8. The van der Waals surface area contributed by atoms with Gasteiger partial charge in [0.1, 0.15) is 28.3 Å². The molecule has 2 saturated heterocycles. The van der Waals surface area contributed by atoms with Crippen LogP contribution in [-0.2, 0) is 87.6 Å². The van der Waals surface area contributed by atoms with Gasteiger partial charge in [0, 0.05) is 177 Å². The van der Waals surface area contributed by atoms with Crippen molar-refractivity contribution in [2.24, 2.45) is 46.1 Å². The lowest BCUT2D eigenvalue weighted by Crippen LogP contribution is -2.52. The smallest absolute Gasteiger partial charge is 0.291 e. The number of aromatic nitrogens is 11. The predicted octanol–water partition coefficient (Wildman–Crippen LogP) is 4.06. The van der Waals surface area contributed by atoms with Gasteiger partial charge < -0.3 is 108 Å². The van der Waals surface area contributed by atoms with E-state index in [0.29, 0.717) is 122 Å². The molecule has 7 aromatic heterocycles. The highest BCUT2D eigenvalue weighted by atomic mass is 35.5. The molecule has 0 unspecified atom stereocenters. The van der Waals surface area contributed by atoms with Gasteiger partial charge in [-0.15, -0.1) is 21.5 Å². The van der Waals surface area contributed by atoms with Crippen LogP contribution in [0.15, 0.2) is 78.6 Å². The molecule has 1 atom stereocenters. The summed E-state index contributed by atoms with van der Waals surface area (Å²) < 4.78 is 49.2. The Balaban J connectivity index is 0.444. The summed E-state index contributed by atoms with van der Waals surface area (Å²) in [5.41, 5.74) is 5.01. The Hall–Kier alpha value is -10.9. The van der Waals surface area contributed by atoms with Crippen LogP contribution in [0.1, 0.15) is 131 Å². The van der Waals surface area contributed by atoms with Crippen LogP contribution in [0.4, 0.5) is 23.0 Å². The van der Waals surface area contributed by atoms with Crippen LogP contribution in [-0.4, -0.2) is 272 Å². The third-order valence-corrected chi connectivity index (χ3v) is 21.2. The van der Waals surface area contributed by atoms with Crippen LogP contribution >= 0.6 is 22.9 Å². The summed E-state index contributed by atoms with van der Waals surface area (Å²) in [5.74, 6) is -1.79. The van der Waals surface area contributed by atoms with E-state index < -0.39 is 47.4 Å². The molecule has 0 aliphatic carbocycles. The molecule has 1 aromatic carbocycles. The normalized spacial score (nSPS) is 14.2. The summed E-state index contributed by atoms with van der Waals surface area (Å²) in [5, 5.41) is 32.6. The number of thiophene rings is 1. The molecular weight excluding hydrogens is 1570 g/mol. The average Bonchev–Trinajstić information content (AvgIpc) is 1.59. The number of aryl methyl sites for hydroxylation is 7. The predicted molar refractivity (Wildman–Crippen MR) is 436 cm³/mol. The van der Waals surface area contributed by atoms with E-state index in [9.17, 15) is 43.2 Å². The van der Waals surface area contributed by atoms with Crippen molar-refractivity contribution in [2.75, 3.05) is 166 Å². The van der Waals surface area contributed by atoms with Crippen LogP contribution < -0.4 is 42.5 Å². The number of nitrogens with one attached hydrogen (secondary N) is 8. The molecule has 634 valence electrons. The van der Waals surface area contributed by atoms with Crippen molar-refractivity contribution in [1.82, 2.24) is 83.6 Å². The minimum Gasteiger partial charge on any atom is -0.379 e. The summed E-state index contributed by atoms with van der Waals surface area (Å²) in [7, 11) is 8.08. The molecule has 0 spiro atoms. The van der Waals surface area contributed by atoms with E-state index in [1.165, 1.54) is 60.1 Å². The van der Waals surface area contributed by atoms with Crippen molar-refractivity contribution < 1.29 is 76.3 Å². The van der Waals surface area contributed by atoms with Gasteiger partial charge in [-0.2, -0.15) is 0 Å². The Labute approximate surface area is 690 Å². The quantitative estimate of drug-likeness (QED) is 0.0249. The SMILES string of the molecule is Cc1sc2c(c1C)C(c1ccc(Cl)cc1)=N[C@@H](CC(=O)NC1CCN(CCOCCOCCOCCOCCOCCOCCOCC3CN(C(=O)CCNC(=O)c4nc(NC(=O)CCNC(=O)c5cc(NC(=O)c6nc(NC(=O)CCNC(=O)c7cc(NC(=O)c8nccn8C)cn7C)cn6C)cn5C)cn4C)C3)CC1)c1nnc(C)n1-2. The van der Waals surface area contributed by atoms with Crippen molar-refractivity contribution in [3.8, 4) is 5.00 Å². The fourth-order valence-corrected chi connectivity index (χ4v) is 14.7. The van der Waals surface area contributed by atoms with Crippen molar-refractivity contribution >= 4 is 105 Å². The number of nitrogens with zero attached hydrogens (tertiary/aromatic N) is 14. The number of amides is 9. The number of halogens is 1. The Morgan fingerprint density at radius 2 is 1.04 bits per heavy atom. The zero-order valence-electron chi connectivity index (χ0n) is 67.5. The maximum Gasteiger partial charge on any atom is 0.291 e. The minimum absolute atomic E-state index is 0.0128. The number of aliphatic imine (C=N–C) groups is 1. The van der Waals surface area contributed by atoms with Gasteiger partial charge >= 0.3 is 0 Å². The van der Waals surface area contributed by atoms with Gasteiger partial charge in [-0.05, 0) is 63.4 Å². The molecule has 11 rings (SSSR count). The molecule has 0 radical (unpaired) electrons. The number of benzene rings is 1. The van der Waals surface area contributed by atoms with E-state index in [0.717, 1.165) is 65.7 Å². The number of ether oxygens (including phenoxy) is 7. The number of likely N-dealkylation sites (tertiary alicyclic amines) is 2. The summed E-state index contributed by atoms with van der Waals surface area (Å²) in [4.78, 5) is 140. The maximum absolute atomic E-state index is 13.7. The first-order valence-corrected chi connectivity index (χ1v) is 40.3. The monoisotopic (exact) mass is 1670 g/mol. The first-order valence-electron chi connectivity index (χ1n) is 39.1. The average molecular weight is 1670 g/mol. The second-order valence-corrected chi connectivity index (χ2v) is 30.3. The van der Waals surface area contributed by atoms with E-state index in [-0.39, 0.29) is 115 Å². The molecule has 2 fully saturated rings. The first-order chi connectivity index (χ1) is 56.9. The summed E-state index contributed by atoms with van der Waals surface area (Å²) >= 11 is 7.96. The molecule has 0 bridgehead atoms. The van der Waals surface area contributed by atoms with E-state index >= 15 is 0 Å². The second-order valence-electron chi connectivity index (χ2n) is 28.7. The van der Waals surface area contributed by atoms with Crippen molar-refractivity contribution in [3.63, 3.8) is 0 Å². The van der Waals surface area contributed by atoms with Crippen LogP contribution in [0, 0.1) is 26.7 Å². The summed E-state index contributed by atoms with van der Waals surface area (Å²) in [6.07, 6.45) is 10.8. The van der Waals surface area contributed by atoms with Crippen molar-refractivity contribution in [1.29, 1.82) is 0 Å². The van der Waals surface area contributed by atoms with Gasteiger partial charge in [0.15, 0.2) is 23.3 Å². The van der Waals surface area contributed by atoms with Gasteiger partial charge in [0.2, 0.25) is 35.3 Å². The maximum atomic E-state index is 13.7. The number of carbonyl (C=O) groups excluding carboxylic acids is 9. The number of carbonyl (C=O) groups is 9. The molecule has 8 aromatic rings. The fourth-order valence-electron chi connectivity index (χ4n) is 13.4. The number of hydrogen-bond donors (Lipinski definition) is 8. The fraction of sp³-hybridized carbons (Fsp3) is 0.500. The Bertz CT molecular complexity index is 4830. The number of piperidine rings is 1. The van der Waals surface area contributed by atoms with E-state index in [1.807, 2.05) is 31.2 Å². The molecular formula is C78H103ClN22O16S. The van der Waals surface area contributed by atoms with Crippen LogP contribution in [0.25, 0.3) is 5.00 Å². The molecule has 3 aliphatic rings. The Kier molecular flexibility index (Phi) is 32.1. The molecule has 3 aliphatic heterocycles. The highest BCUT2D eigenvalue weighted by Gasteiger charge is 2.35. The second kappa shape index (κ2) is 43.0. The number of hydrogen-bond acceptors (Lipinski definition) is 24. The summed E-state index contributed by atoms with van der Waals surface area (Å²) in [6, 6.07) is 10.2. The molecule has 118 heavy (non-hydrogen) atoms. The van der Waals surface area contributed by atoms with Gasteiger partial charge in [-0.25, -0.2) is 15.0 Å². The van der Waals surface area contributed by atoms with Crippen LogP contribution in [0.3, 0.4) is 0 Å². The highest BCUT2D eigenvalue weighted by Crippen LogP contribution is 2.40. The lowest BCUT2D eigenvalue weighted by Gasteiger charge is -2.39. The van der Waals surface area contributed by atoms with Crippen molar-refractivity contribution in [3.05, 3.63) is 141 Å². The first kappa shape index (κ1) is 87.9. The number of rotatable bonds is 45. The molecule has 38 nitrogen and oxygen atoms in total. The largest absolute Gasteiger partial charge is 0.379 e. The van der Waals surface area contributed by atoms with Gasteiger partial charge in [-0.3, -0.25) is 52.7 Å². The van der Waals surface area contributed by atoms with E-state index in [4.69, 9.17) is 49.8 Å². The minimum atomic E-state index is -0.636.